The molecule has 0 fully saturated rings. The Kier molecular flexibility index (Phi) is 5.24. The molecule has 0 aliphatic rings. The van der Waals surface area contributed by atoms with E-state index < -0.39 is 0 Å². The number of hydrogen-bond donors (Lipinski definition) is 0. The Bertz CT molecular complexity index is 424. The number of ketones is 1. The van der Waals surface area contributed by atoms with Gasteiger partial charge in [0.1, 0.15) is 0 Å². The lowest BCUT2D eigenvalue weighted by Crippen LogP contribution is -1.99. The molecular formula is C14H18O4. The molecule has 1 aromatic carbocycles. The average molecular weight is 250 g/mol. The van der Waals surface area contributed by atoms with E-state index >= 15 is 0 Å². The average Bonchev–Trinajstić information content (AvgIpc) is 2.37. The Labute approximate surface area is 107 Å². The van der Waals surface area contributed by atoms with Crippen molar-refractivity contribution in [1.29, 1.82) is 0 Å². The van der Waals surface area contributed by atoms with Crippen molar-refractivity contribution in [2.75, 3.05) is 20.8 Å². The molecule has 1 rings (SSSR count). The van der Waals surface area contributed by atoms with Crippen molar-refractivity contribution in [2.45, 2.75) is 13.8 Å². The van der Waals surface area contributed by atoms with Crippen LogP contribution in [0.15, 0.2) is 18.2 Å². The molecule has 0 unspecified atom stereocenters. The summed E-state index contributed by atoms with van der Waals surface area (Å²) in [6.07, 6.45) is 3.21. The van der Waals surface area contributed by atoms with Crippen molar-refractivity contribution >= 4 is 11.9 Å². The quantitative estimate of drug-likeness (QED) is 0.728. The van der Waals surface area contributed by atoms with Crippen LogP contribution in [0.25, 0.3) is 6.08 Å². The Morgan fingerprint density at radius 3 is 2.17 bits per heavy atom. The highest BCUT2D eigenvalue weighted by atomic mass is 16.5. The Morgan fingerprint density at radius 1 is 1.22 bits per heavy atom. The first-order valence-electron chi connectivity index (χ1n) is 5.69. The third-order valence-corrected chi connectivity index (χ3v) is 2.28. The minimum Gasteiger partial charge on any atom is -0.493 e. The second-order valence-corrected chi connectivity index (χ2v) is 3.63. The summed E-state index contributed by atoms with van der Waals surface area (Å²) in [7, 11) is 3.13. The monoisotopic (exact) mass is 250 g/mol. The molecule has 0 atom stereocenters. The zero-order chi connectivity index (χ0) is 13.5. The number of carbonyl (C=O) groups excluding carboxylic acids is 1. The van der Waals surface area contributed by atoms with Gasteiger partial charge < -0.3 is 14.2 Å². The summed E-state index contributed by atoms with van der Waals surface area (Å²) in [6, 6.07) is 3.60. The van der Waals surface area contributed by atoms with Crippen molar-refractivity contribution in [3.63, 3.8) is 0 Å². The maximum absolute atomic E-state index is 10.9. The molecule has 0 amide bonds. The minimum absolute atomic E-state index is 0.0122. The van der Waals surface area contributed by atoms with Crippen LogP contribution in [0.3, 0.4) is 0 Å². The highest BCUT2D eigenvalue weighted by Gasteiger charge is 2.12. The van der Waals surface area contributed by atoms with E-state index in [1.807, 2.05) is 6.92 Å². The molecule has 0 aromatic heterocycles. The van der Waals surface area contributed by atoms with Gasteiger partial charge in [-0.1, -0.05) is 6.08 Å². The molecule has 0 saturated heterocycles. The van der Waals surface area contributed by atoms with E-state index in [4.69, 9.17) is 14.2 Å². The number of ether oxygens (including phenoxy) is 3. The second-order valence-electron chi connectivity index (χ2n) is 3.63. The van der Waals surface area contributed by atoms with Crippen molar-refractivity contribution in [1.82, 2.24) is 0 Å². The Hall–Kier alpha value is -1.97. The number of hydrogen-bond acceptors (Lipinski definition) is 4. The minimum atomic E-state index is -0.0122. The molecule has 0 heterocycles. The summed E-state index contributed by atoms with van der Waals surface area (Å²) < 4.78 is 16.0. The third kappa shape index (κ3) is 3.52. The highest BCUT2D eigenvalue weighted by Crippen LogP contribution is 2.38. The molecule has 0 saturated carbocycles. The van der Waals surface area contributed by atoms with Crippen LogP contribution in [-0.4, -0.2) is 26.6 Å². The summed E-state index contributed by atoms with van der Waals surface area (Å²) in [6.45, 7) is 3.91. The van der Waals surface area contributed by atoms with Gasteiger partial charge >= 0.3 is 0 Å². The molecule has 0 radical (unpaired) electrons. The molecule has 0 bridgehead atoms. The predicted octanol–water partition coefficient (Wildman–Crippen LogP) is 2.70. The molecule has 98 valence electrons. The molecule has 4 heteroatoms. The number of benzene rings is 1. The zero-order valence-corrected chi connectivity index (χ0v) is 11.1. The van der Waals surface area contributed by atoms with Crippen LogP contribution in [0.2, 0.25) is 0 Å². The van der Waals surface area contributed by atoms with Gasteiger partial charge in [-0.2, -0.15) is 0 Å². The van der Waals surface area contributed by atoms with Gasteiger partial charge in [0.25, 0.3) is 0 Å². The van der Waals surface area contributed by atoms with Gasteiger partial charge in [-0.25, -0.2) is 0 Å². The number of allylic oxidation sites excluding steroid dienone is 1. The maximum atomic E-state index is 10.9. The molecule has 18 heavy (non-hydrogen) atoms. The van der Waals surface area contributed by atoms with Gasteiger partial charge in [0.15, 0.2) is 17.3 Å². The van der Waals surface area contributed by atoms with Crippen LogP contribution < -0.4 is 14.2 Å². The first-order chi connectivity index (χ1) is 8.62. The largest absolute Gasteiger partial charge is 0.493 e. The van der Waals surface area contributed by atoms with E-state index in [1.54, 1.807) is 32.4 Å². The fourth-order valence-corrected chi connectivity index (χ4v) is 1.50. The summed E-state index contributed by atoms with van der Waals surface area (Å²) >= 11 is 0. The first-order valence-corrected chi connectivity index (χ1v) is 5.69. The molecule has 0 N–H and O–H groups in total. The summed E-state index contributed by atoms with van der Waals surface area (Å²) in [5.74, 6) is 1.73. The lowest BCUT2D eigenvalue weighted by atomic mass is 10.1. The fourth-order valence-electron chi connectivity index (χ4n) is 1.50. The van der Waals surface area contributed by atoms with Crippen LogP contribution in [0.4, 0.5) is 0 Å². The normalized spacial score (nSPS) is 10.4. The second kappa shape index (κ2) is 6.69. The maximum Gasteiger partial charge on any atom is 0.203 e. The number of rotatable bonds is 6. The highest BCUT2D eigenvalue weighted by molar-refractivity contribution is 5.91. The first kappa shape index (κ1) is 14.1. The molecule has 4 nitrogen and oxygen atoms in total. The van der Waals surface area contributed by atoms with E-state index in [2.05, 4.69) is 0 Å². The topological polar surface area (TPSA) is 44.8 Å². The fraction of sp³-hybridized carbons (Fsp3) is 0.357. The lowest BCUT2D eigenvalue weighted by molar-refractivity contribution is -0.112. The summed E-state index contributed by atoms with van der Waals surface area (Å²) in [4.78, 5) is 10.9. The summed E-state index contributed by atoms with van der Waals surface area (Å²) in [5.41, 5.74) is 0.822. The van der Waals surface area contributed by atoms with E-state index in [0.29, 0.717) is 23.9 Å². The van der Waals surface area contributed by atoms with Crippen molar-refractivity contribution in [2.24, 2.45) is 0 Å². The van der Waals surface area contributed by atoms with Crippen LogP contribution in [0.1, 0.15) is 19.4 Å². The van der Waals surface area contributed by atoms with Crippen molar-refractivity contribution in [3.05, 3.63) is 23.8 Å². The van der Waals surface area contributed by atoms with Crippen LogP contribution >= 0.6 is 0 Å². The van der Waals surface area contributed by atoms with Crippen LogP contribution in [0.5, 0.6) is 17.2 Å². The van der Waals surface area contributed by atoms with Crippen molar-refractivity contribution in [3.8, 4) is 17.2 Å². The zero-order valence-electron chi connectivity index (χ0n) is 11.1. The van der Waals surface area contributed by atoms with Crippen LogP contribution in [-0.2, 0) is 4.79 Å². The van der Waals surface area contributed by atoms with Crippen molar-refractivity contribution < 1.29 is 19.0 Å². The van der Waals surface area contributed by atoms with Gasteiger partial charge in [-0.05, 0) is 37.6 Å². The lowest BCUT2D eigenvalue weighted by Gasteiger charge is -2.14. The molecule has 0 spiro atoms. The molecule has 0 aliphatic heterocycles. The molecule has 1 aromatic rings. The van der Waals surface area contributed by atoms with Gasteiger partial charge in [-0.15, -0.1) is 0 Å². The third-order valence-electron chi connectivity index (χ3n) is 2.28. The molecule has 0 aliphatic carbocycles. The van der Waals surface area contributed by atoms with Gasteiger partial charge in [0.05, 0.1) is 20.8 Å². The van der Waals surface area contributed by atoms with Gasteiger partial charge in [0.2, 0.25) is 5.75 Å². The smallest absolute Gasteiger partial charge is 0.203 e. The number of carbonyl (C=O) groups is 1. The number of methoxy groups -OCH3 is 2. The van der Waals surface area contributed by atoms with E-state index in [9.17, 15) is 4.79 Å². The van der Waals surface area contributed by atoms with Crippen LogP contribution in [0, 0.1) is 0 Å². The standard InChI is InChI=1S/C14H18O4/c1-5-18-14-12(16-3)8-11(7-6-10(2)15)9-13(14)17-4/h6-9H,5H2,1-4H3/b7-6+. The summed E-state index contributed by atoms with van der Waals surface area (Å²) in [5, 5.41) is 0. The predicted molar refractivity (Wildman–Crippen MR) is 70.4 cm³/mol. The van der Waals surface area contributed by atoms with Gasteiger partial charge in [0, 0.05) is 0 Å². The Balaban J connectivity index is 3.21. The Morgan fingerprint density at radius 2 is 1.78 bits per heavy atom. The molecular weight excluding hydrogens is 232 g/mol. The van der Waals surface area contributed by atoms with E-state index in [0.717, 1.165) is 5.56 Å². The van der Waals surface area contributed by atoms with Gasteiger partial charge in [-0.3, -0.25) is 4.79 Å². The van der Waals surface area contributed by atoms with E-state index in [-0.39, 0.29) is 5.78 Å². The van der Waals surface area contributed by atoms with E-state index in [1.165, 1.54) is 13.0 Å². The SMILES string of the molecule is CCOc1c(OC)cc(/C=C/C(C)=O)cc1OC.